The summed E-state index contributed by atoms with van der Waals surface area (Å²) < 4.78 is 14.2. The molecule has 3 atom stereocenters. The molecule has 2 aromatic rings. The smallest absolute Gasteiger partial charge is 0.258 e. The van der Waals surface area contributed by atoms with E-state index in [2.05, 4.69) is 22.3 Å². The summed E-state index contributed by atoms with van der Waals surface area (Å²) in [6, 6.07) is 14.4. The van der Waals surface area contributed by atoms with Crippen molar-refractivity contribution in [1.29, 1.82) is 0 Å². The maximum atomic E-state index is 14.2. The van der Waals surface area contributed by atoms with Gasteiger partial charge in [-0.15, -0.1) is 0 Å². The second-order valence-corrected chi connectivity index (χ2v) is 10.1. The van der Waals surface area contributed by atoms with Crippen molar-refractivity contribution in [3.63, 3.8) is 0 Å². The minimum atomic E-state index is -0.568. The Morgan fingerprint density at radius 3 is 2.42 bits per heavy atom. The van der Waals surface area contributed by atoms with Gasteiger partial charge in [0.25, 0.3) is 5.91 Å². The Bertz CT molecular complexity index is 959. The SMILES string of the molecule is CSCC(=O)NC(CCN1CC2CN(C(=O)c3c(F)cccc3Cl)C[C@@H]2C1)c1ccccc1. The molecule has 2 aliphatic heterocycles. The molecule has 2 heterocycles. The monoisotopic (exact) mass is 489 g/mol. The predicted molar refractivity (Wildman–Crippen MR) is 131 cm³/mol. The largest absolute Gasteiger partial charge is 0.349 e. The number of hydrogen-bond acceptors (Lipinski definition) is 4. The zero-order valence-corrected chi connectivity index (χ0v) is 20.2. The van der Waals surface area contributed by atoms with Crippen molar-refractivity contribution in [1.82, 2.24) is 15.1 Å². The van der Waals surface area contributed by atoms with E-state index in [1.165, 1.54) is 23.9 Å². The third-order valence-corrected chi connectivity index (χ3v) is 7.44. The molecule has 2 amide bonds. The molecule has 8 heteroatoms. The predicted octanol–water partition coefficient (Wildman–Crippen LogP) is 4.09. The lowest BCUT2D eigenvalue weighted by Crippen LogP contribution is -2.36. The number of rotatable bonds is 8. The minimum absolute atomic E-state index is 0.0208. The summed E-state index contributed by atoms with van der Waals surface area (Å²) in [7, 11) is 0. The first kappa shape index (κ1) is 24.0. The quantitative estimate of drug-likeness (QED) is 0.606. The average molecular weight is 490 g/mol. The fraction of sp³-hybridized carbons (Fsp3) is 0.440. The number of benzene rings is 2. The third kappa shape index (κ3) is 5.70. The van der Waals surface area contributed by atoms with Gasteiger partial charge < -0.3 is 15.1 Å². The molecule has 2 aliphatic rings. The molecule has 0 spiro atoms. The second-order valence-electron chi connectivity index (χ2n) is 8.84. The summed E-state index contributed by atoms with van der Waals surface area (Å²) in [6.45, 7) is 3.92. The minimum Gasteiger partial charge on any atom is -0.349 e. The topological polar surface area (TPSA) is 52.7 Å². The van der Waals surface area contributed by atoms with Crippen molar-refractivity contribution in [2.75, 3.05) is 44.7 Å². The fourth-order valence-corrected chi connectivity index (χ4v) is 5.57. The number of nitrogens with one attached hydrogen (secondary N) is 1. The molecule has 2 fully saturated rings. The molecule has 176 valence electrons. The number of hydrogen-bond donors (Lipinski definition) is 1. The maximum absolute atomic E-state index is 14.2. The first-order valence-corrected chi connectivity index (χ1v) is 13.0. The van der Waals surface area contributed by atoms with Gasteiger partial charge in [-0.2, -0.15) is 11.8 Å². The molecule has 0 aromatic heterocycles. The van der Waals surface area contributed by atoms with Crippen LogP contribution in [0.25, 0.3) is 0 Å². The van der Waals surface area contributed by atoms with Gasteiger partial charge in [0.1, 0.15) is 5.82 Å². The molecule has 2 saturated heterocycles. The van der Waals surface area contributed by atoms with E-state index in [1.807, 2.05) is 24.5 Å². The average Bonchev–Trinajstić information content (AvgIpc) is 3.36. The van der Waals surface area contributed by atoms with Crippen molar-refractivity contribution in [3.05, 3.63) is 70.5 Å². The van der Waals surface area contributed by atoms with Crippen LogP contribution in [-0.4, -0.2) is 66.3 Å². The fourth-order valence-electron chi connectivity index (χ4n) is 4.99. The van der Waals surface area contributed by atoms with Crippen LogP contribution in [0.4, 0.5) is 4.39 Å². The highest BCUT2D eigenvalue weighted by molar-refractivity contribution is 7.99. The van der Waals surface area contributed by atoms with Crippen LogP contribution in [0, 0.1) is 17.7 Å². The molecular weight excluding hydrogens is 461 g/mol. The normalized spacial score (nSPS) is 21.1. The van der Waals surface area contributed by atoms with E-state index in [-0.39, 0.29) is 28.4 Å². The number of likely N-dealkylation sites (tertiary alicyclic amines) is 2. The summed E-state index contributed by atoms with van der Waals surface area (Å²) in [6.07, 6.45) is 2.76. The van der Waals surface area contributed by atoms with Gasteiger partial charge in [0.15, 0.2) is 0 Å². The van der Waals surface area contributed by atoms with Gasteiger partial charge in [-0.1, -0.05) is 48.0 Å². The van der Waals surface area contributed by atoms with Crippen LogP contribution in [0.2, 0.25) is 5.02 Å². The standard InChI is InChI=1S/C25H29ClFN3O2S/c1-33-16-23(31)28-22(17-6-3-2-4-7-17)10-11-29-12-18-14-30(15-19(18)13-29)25(32)24-20(26)8-5-9-21(24)27/h2-9,18-19,22H,10-16H2,1H3,(H,28,31)/t18-,19?,22?/m0/s1. The van der Waals surface area contributed by atoms with Crippen LogP contribution in [-0.2, 0) is 4.79 Å². The highest BCUT2D eigenvalue weighted by Crippen LogP contribution is 2.33. The van der Waals surface area contributed by atoms with Crippen molar-refractivity contribution < 1.29 is 14.0 Å². The van der Waals surface area contributed by atoms with Gasteiger partial charge in [-0.05, 0) is 42.2 Å². The Labute approximate surface area is 203 Å². The molecular formula is C25H29ClFN3O2S. The molecule has 1 N–H and O–H groups in total. The lowest BCUT2D eigenvalue weighted by molar-refractivity contribution is -0.119. The summed E-state index contributed by atoms with van der Waals surface area (Å²) in [5, 5.41) is 3.33. The van der Waals surface area contributed by atoms with Crippen LogP contribution in [0.1, 0.15) is 28.4 Å². The zero-order valence-electron chi connectivity index (χ0n) is 18.7. The van der Waals surface area contributed by atoms with Gasteiger partial charge in [0.05, 0.1) is 22.4 Å². The van der Waals surface area contributed by atoms with Crippen LogP contribution < -0.4 is 5.32 Å². The van der Waals surface area contributed by atoms with Crippen molar-refractivity contribution in [2.24, 2.45) is 11.8 Å². The highest BCUT2D eigenvalue weighted by atomic mass is 35.5. The van der Waals surface area contributed by atoms with E-state index < -0.39 is 5.82 Å². The van der Waals surface area contributed by atoms with E-state index in [0.29, 0.717) is 30.7 Å². The number of amides is 2. The summed E-state index contributed by atoms with van der Waals surface area (Å²) in [5.41, 5.74) is 1.09. The molecule has 2 unspecified atom stereocenters. The van der Waals surface area contributed by atoms with Gasteiger partial charge >= 0.3 is 0 Å². The highest BCUT2D eigenvalue weighted by Gasteiger charge is 2.42. The molecule has 4 rings (SSSR count). The van der Waals surface area contributed by atoms with E-state index in [1.54, 1.807) is 11.0 Å². The molecule has 0 bridgehead atoms. The Hall–Kier alpha value is -2.09. The zero-order chi connectivity index (χ0) is 23.4. The number of fused-ring (bicyclic) bond motifs is 1. The summed E-state index contributed by atoms with van der Waals surface area (Å²) >= 11 is 7.61. The Kier molecular flexibility index (Phi) is 7.94. The van der Waals surface area contributed by atoms with Crippen LogP contribution in [0.3, 0.4) is 0 Å². The lowest BCUT2D eigenvalue weighted by atomic mass is 10.0. The maximum Gasteiger partial charge on any atom is 0.258 e. The number of nitrogens with zero attached hydrogens (tertiary/aromatic N) is 2. The Balaban J connectivity index is 1.33. The summed E-state index contributed by atoms with van der Waals surface area (Å²) in [5.74, 6) is 0.367. The Morgan fingerprint density at radius 2 is 1.79 bits per heavy atom. The number of carbonyl (C=O) groups excluding carboxylic acids is 2. The van der Waals surface area contributed by atoms with Gasteiger partial charge in [0.2, 0.25) is 5.91 Å². The van der Waals surface area contributed by atoms with Gasteiger partial charge in [0, 0.05) is 32.7 Å². The first-order valence-electron chi connectivity index (χ1n) is 11.2. The van der Waals surface area contributed by atoms with Crippen molar-refractivity contribution in [2.45, 2.75) is 12.5 Å². The van der Waals surface area contributed by atoms with Gasteiger partial charge in [-0.25, -0.2) is 4.39 Å². The molecule has 0 saturated carbocycles. The van der Waals surface area contributed by atoms with Crippen molar-refractivity contribution >= 4 is 35.2 Å². The Morgan fingerprint density at radius 1 is 1.09 bits per heavy atom. The third-order valence-electron chi connectivity index (χ3n) is 6.57. The molecule has 0 aliphatic carbocycles. The van der Waals surface area contributed by atoms with E-state index >= 15 is 0 Å². The van der Waals surface area contributed by atoms with Gasteiger partial charge in [-0.3, -0.25) is 9.59 Å². The second kappa shape index (κ2) is 10.9. The van der Waals surface area contributed by atoms with E-state index in [0.717, 1.165) is 31.6 Å². The van der Waals surface area contributed by atoms with E-state index in [4.69, 9.17) is 11.6 Å². The molecule has 0 radical (unpaired) electrons. The van der Waals surface area contributed by atoms with Crippen LogP contribution >= 0.6 is 23.4 Å². The molecule has 5 nitrogen and oxygen atoms in total. The molecule has 33 heavy (non-hydrogen) atoms. The van der Waals surface area contributed by atoms with Crippen LogP contribution in [0.5, 0.6) is 0 Å². The number of halogens is 2. The molecule has 2 aromatic carbocycles. The first-order chi connectivity index (χ1) is 16.0. The summed E-state index contributed by atoms with van der Waals surface area (Å²) in [4.78, 5) is 29.3. The number of thioether (sulfide) groups is 1. The number of carbonyl (C=O) groups is 2. The van der Waals surface area contributed by atoms with E-state index in [9.17, 15) is 14.0 Å². The van der Waals surface area contributed by atoms with Crippen LogP contribution in [0.15, 0.2) is 48.5 Å². The van der Waals surface area contributed by atoms with Crippen molar-refractivity contribution in [3.8, 4) is 0 Å². The lowest BCUT2D eigenvalue weighted by Gasteiger charge is -2.25.